The summed E-state index contributed by atoms with van der Waals surface area (Å²) in [6.45, 7) is 2.08. The molecule has 0 spiro atoms. The molecular weight excluding hydrogens is 344 g/mol. The zero-order chi connectivity index (χ0) is 17.8. The van der Waals surface area contributed by atoms with Crippen molar-refractivity contribution in [2.45, 2.75) is 13.5 Å². The number of halogens is 2. The van der Waals surface area contributed by atoms with E-state index in [1.54, 1.807) is 23.6 Å². The fourth-order valence-electron chi connectivity index (χ4n) is 2.19. The monoisotopic (exact) mass is 359 g/mol. The second kappa shape index (κ2) is 7.44. The van der Waals surface area contributed by atoms with Crippen LogP contribution in [0, 0.1) is 18.6 Å². The predicted molar refractivity (Wildman–Crippen MR) is 94.1 cm³/mol. The standard InChI is InChI=1S/C19H15F2NO2S/c1-12-2-7-16(21)17(8-12)22-19(23)18-9-13(11-25-18)10-24-15-5-3-14(20)4-6-15/h2-9,11H,10H2,1H3,(H,22,23). The Morgan fingerprint density at radius 1 is 1.12 bits per heavy atom. The number of aryl methyl sites for hydroxylation is 1. The van der Waals surface area contributed by atoms with Gasteiger partial charge in [0.25, 0.3) is 5.91 Å². The number of benzene rings is 2. The number of nitrogens with one attached hydrogen (secondary N) is 1. The van der Waals surface area contributed by atoms with E-state index >= 15 is 0 Å². The first-order chi connectivity index (χ1) is 12.0. The molecular formula is C19H15F2NO2S. The maximum atomic E-state index is 13.7. The SMILES string of the molecule is Cc1ccc(F)c(NC(=O)c2cc(COc3ccc(F)cc3)cs2)c1. The van der Waals surface area contributed by atoms with E-state index in [0.29, 0.717) is 10.6 Å². The Balaban J connectivity index is 1.63. The summed E-state index contributed by atoms with van der Waals surface area (Å²) in [5.74, 6) is -0.636. The third-order valence-corrected chi connectivity index (χ3v) is 4.44. The Labute approximate surface area is 147 Å². The normalized spacial score (nSPS) is 10.5. The highest BCUT2D eigenvalue weighted by molar-refractivity contribution is 7.12. The van der Waals surface area contributed by atoms with Crippen molar-refractivity contribution in [3.05, 3.63) is 81.5 Å². The average Bonchev–Trinajstić information content (AvgIpc) is 3.07. The maximum absolute atomic E-state index is 13.7. The Morgan fingerprint density at radius 2 is 1.88 bits per heavy atom. The van der Waals surface area contributed by atoms with E-state index in [2.05, 4.69) is 5.32 Å². The Kier molecular flexibility index (Phi) is 5.09. The number of anilines is 1. The lowest BCUT2D eigenvalue weighted by Gasteiger charge is -2.06. The summed E-state index contributed by atoms with van der Waals surface area (Å²) in [5, 5.41) is 4.37. The largest absolute Gasteiger partial charge is 0.489 e. The zero-order valence-corrected chi connectivity index (χ0v) is 14.2. The number of rotatable bonds is 5. The van der Waals surface area contributed by atoms with Crippen molar-refractivity contribution < 1.29 is 18.3 Å². The molecule has 2 aromatic carbocycles. The molecule has 0 radical (unpaired) electrons. The molecule has 128 valence electrons. The van der Waals surface area contributed by atoms with E-state index in [1.165, 1.54) is 41.7 Å². The molecule has 0 unspecified atom stereocenters. The van der Waals surface area contributed by atoms with Gasteiger partial charge in [0.1, 0.15) is 24.0 Å². The predicted octanol–water partition coefficient (Wildman–Crippen LogP) is 5.17. The minimum Gasteiger partial charge on any atom is -0.489 e. The van der Waals surface area contributed by atoms with Gasteiger partial charge in [-0.25, -0.2) is 8.78 Å². The van der Waals surface area contributed by atoms with Gasteiger partial charge in [0, 0.05) is 5.56 Å². The highest BCUT2D eigenvalue weighted by Gasteiger charge is 2.12. The summed E-state index contributed by atoms with van der Waals surface area (Å²) >= 11 is 1.25. The minimum absolute atomic E-state index is 0.155. The fourth-order valence-corrected chi connectivity index (χ4v) is 2.98. The molecule has 3 rings (SSSR count). The number of carbonyl (C=O) groups excluding carboxylic acids is 1. The highest BCUT2D eigenvalue weighted by Crippen LogP contribution is 2.21. The van der Waals surface area contributed by atoms with Crippen LogP contribution in [-0.2, 0) is 6.61 Å². The highest BCUT2D eigenvalue weighted by atomic mass is 32.1. The van der Waals surface area contributed by atoms with Crippen LogP contribution in [0.4, 0.5) is 14.5 Å². The molecule has 0 bridgehead atoms. The number of hydrogen-bond donors (Lipinski definition) is 1. The lowest BCUT2D eigenvalue weighted by Crippen LogP contribution is -2.11. The molecule has 0 fully saturated rings. The number of amides is 1. The van der Waals surface area contributed by atoms with Crippen LogP contribution in [0.25, 0.3) is 0 Å². The number of hydrogen-bond acceptors (Lipinski definition) is 3. The van der Waals surface area contributed by atoms with E-state index in [0.717, 1.165) is 11.1 Å². The molecule has 3 aromatic rings. The van der Waals surface area contributed by atoms with Crippen molar-refractivity contribution in [1.82, 2.24) is 0 Å². The Bertz CT molecular complexity index is 891. The molecule has 0 aliphatic heterocycles. The van der Waals surface area contributed by atoms with Crippen molar-refractivity contribution >= 4 is 22.9 Å². The van der Waals surface area contributed by atoms with E-state index < -0.39 is 5.82 Å². The van der Waals surface area contributed by atoms with Gasteiger partial charge < -0.3 is 10.1 Å². The van der Waals surface area contributed by atoms with E-state index in [1.807, 2.05) is 6.92 Å². The smallest absolute Gasteiger partial charge is 0.265 e. The average molecular weight is 359 g/mol. The second-order valence-electron chi connectivity index (χ2n) is 5.50. The molecule has 0 saturated heterocycles. The first-order valence-corrected chi connectivity index (χ1v) is 8.42. The zero-order valence-electron chi connectivity index (χ0n) is 13.4. The molecule has 25 heavy (non-hydrogen) atoms. The van der Waals surface area contributed by atoms with E-state index in [4.69, 9.17) is 4.74 Å². The number of carbonyl (C=O) groups is 1. The van der Waals surface area contributed by atoms with Gasteiger partial charge in [0.05, 0.1) is 10.6 Å². The summed E-state index contributed by atoms with van der Waals surface area (Å²) in [7, 11) is 0. The second-order valence-corrected chi connectivity index (χ2v) is 6.41. The molecule has 1 amide bonds. The number of ether oxygens (including phenoxy) is 1. The lowest BCUT2D eigenvalue weighted by molar-refractivity contribution is 0.103. The van der Waals surface area contributed by atoms with Crippen LogP contribution in [-0.4, -0.2) is 5.91 Å². The van der Waals surface area contributed by atoms with Crippen LogP contribution in [0.2, 0.25) is 0 Å². The fraction of sp³-hybridized carbons (Fsp3) is 0.105. The van der Waals surface area contributed by atoms with Crippen LogP contribution in [0.15, 0.2) is 53.9 Å². The molecule has 3 nitrogen and oxygen atoms in total. The minimum atomic E-state index is -0.477. The van der Waals surface area contributed by atoms with Gasteiger partial charge in [0.2, 0.25) is 0 Å². The Hall–Kier alpha value is -2.73. The topological polar surface area (TPSA) is 38.3 Å². The first-order valence-electron chi connectivity index (χ1n) is 7.54. The van der Waals surface area contributed by atoms with Gasteiger partial charge in [-0.2, -0.15) is 0 Å². The van der Waals surface area contributed by atoms with Crippen molar-refractivity contribution in [1.29, 1.82) is 0 Å². The summed E-state index contributed by atoms with van der Waals surface area (Å²) < 4.78 is 32.1. The third-order valence-electron chi connectivity index (χ3n) is 3.47. The molecule has 6 heteroatoms. The molecule has 0 saturated carbocycles. The molecule has 1 N–H and O–H groups in total. The van der Waals surface area contributed by atoms with Crippen LogP contribution < -0.4 is 10.1 Å². The molecule has 1 heterocycles. The van der Waals surface area contributed by atoms with Crippen LogP contribution in [0.3, 0.4) is 0 Å². The van der Waals surface area contributed by atoms with E-state index in [9.17, 15) is 13.6 Å². The molecule has 1 aromatic heterocycles. The van der Waals surface area contributed by atoms with E-state index in [-0.39, 0.29) is 24.0 Å². The maximum Gasteiger partial charge on any atom is 0.265 e. The molecule has 0 atom stereocenters. The van der Waals surface area contributed by atoms with Crippen LogP contribution in [0.1, 0.15) is 20.8 Å². The lowest BCUT2D eigenvalue weighted by atomic mass is 10.2. The van der Waals surface area contributed by atoms with Crippen LogP contribution in [0.5, 0.6) is 5.75 Å². The third kappa shape index (κ3) is 4.42. The summed E-state index contributed by atoms with van der Waals surface area (Å²) in [6, 6.07) is 11.9. The summed E-state index contributed by atoms with van der Waals surface area (Å²) in [5.41, 5.74) is 1.82. The van der Waals surface area contributed by atoms with Crippen molar-refractivity contribution in [2.75, 3.05) is 5.32 Å². The van der Waals surface area contributed by atoms with Crippen molar-refractivity contribution in [3.63, 3.8) is 0 Å². The van der Waals surface area contributed by atoms with Gasteiger partial charge in [-0.05, 0) is 60.3 Å². The molecule has 0 aliphatic rings. The summed E-state index contributed by atoms with van der Waals surface area (Å²) in [6.07, 6.45) is 0. The number of thiophene rings is 1. The van der Waals surface area contributed by atoms with Crippen molar-refractivity contribution in [3.8, 4) is 5.75 Å². The van der Waals surface area contributed by atoms with Crippen molar-refractivity contribution in [2.24, 2.45) is 0 Å². The van der Waals surface area contributed by atoms with Gasteiger partial charge >= 0.3 is 0 Å². The Morgan fingerprint density at radius 3 is 2.64 bits per heavy atom. The van der Waals surface area contributed by atoms with Gasteiger partial charge in [0.15, 0.2) is 0 Å². The van der Waals surface area contributed by atoms with Gasteiger partial charge in [-0.1, -0.05) is 6.07 Å². The summed E-state index contributed by atoms with van der Waals surface area (Å²) in [4.78, 5) is 12.7. The molecule has 0 aliphatic carbocycles. The quantitative estimate of drug-likeness (QED) is 0.683. The van der Waals surface area contributed by atoms with Gasteiger partial charge in [-0.15, -0.1) is 11.3 Å². The van der Waals surface area contributed by atoms with Crippen LogP contribution >= 0.6 is 11.3 Å². The van der Waals surface area contributed by atoms with Gasteiger partial charge in [-0.3, -0.25) is 4.79 Å². The first kappa shape index (κ1) is 17.1.